The average Bonchev–Trinajstić information content (AvgIpc) is 2.82. The fourth-order valence-electron chi connectivity index (χ4n) is 4.96. The normalized spacial score (nSPS) is 40.3. The molecule has 0 saturated heterocycles. The summed E-state index contributed by atoms with van der Waals surface area (Å²) in [5, 5.41) is 11.3. The van der Waals surface area contributed by atoms with Crippen LogP contribution in [0, 0.1) is 29.6 Å². The first-order valence-corrected chi connectivity index (χ1v) is 8.44. The van der Waals surface area contributed by atoms with Gasteiger partial charge >= 0.3 is 0 Å². The summed E-state index contributed by atoms with van der Waals surface area (Å²) in [6, 6.07) is 5.95. The van der Waals surface area contributed by atoms with Crippen LogP contribution in [0.2, 0.25) is 5.02 Å². The Morgan fingerprint density at radius 2 is 1.95 bits per heavy atom. The third-order valence-electron chi connectivity index (χ3n) is 5.68. The zero-order valence-electron chi connectivity index (χ0n) is 10.7. The van der Waals surface area contributed by atoms with Crippen LogP contribution in [0.15, 0.2) is 22.7 Å². The summed E-state index contributed by atoms with van der Waals surface area (Å²) in [6.07, 6.45) is 4.78. The highest BCUT2D eigenvalue weighted by molar-refractivity contribution is 9.10. The Morgan fingerprint density at radius 1 is 1.26 bits per heavy atom. The van der Waals surface area contributed by atoms with Crippen LogP contribution in [0.3, 0.4) is 0 Å². The van der Waals surface area contributed by atoms with E-state index in [0.717, 1.165) is 38.7 Å². The molecule has 0 spiro atoms. The molecule has 3 fully saturated rings. The minimum absolute atomic E-state index is 0.197. The number of aliphatic hydroxyl groups is 1. The first-order chi connectivity index (χ1) is 9.15. The van der Waals surface area contributed by atoms with Gasteiger partial charge in [0.25, 0.3) is 0 Å². The highest BCUT2D eigenvalue weighted by Crippen LogP contribution is 2.70. The number of fused-ring (bicyclic) bond motifs is 5. The molecular formula is C16H18BrClO. The second-order valence-corrected chi connectivity index (χ2v) is 7.90. The Bertz CT molecular complexity index is 501. The molecule has 0 heterocycles. The number of halogens is 2. The van der Waals surface area contributed by atoms with Gasteiger partial charge in [-0.05, 0) is 66.5 Å². The van der Waals surface area contributed by atoms with Gasteiger partial charge in [-0.25, -0.2) is 0 Å². The van der Waals surface area contributed by atoms with Crippen LogP contribution in [0.5, 0.6) is 0 Å². The van der Waals surface area contributed by atoms with Gasteiger partial charge < -0.3 is 5.11 Å². The highest BCUT2D eigenvalue weighted by Gasteiger charge is 2.66. The van der Waals surface area contributed by atoms with E-state index >= 15 is 0 Å². The van der Waals surface area contributed by atoms with E-state index in [1.807, 2.05) is 18.2 Å². The van der Waals surface area contributed by atoms with Gasteiger partial charge in [-0.3, -0.25) is 0 Å². The summed E-state index contributed by atoms with van der Waals surface area (Å²) in [6.45, 7) is 0. The Hall–Kier alpha value is -0.0500. The largest absolute Gasteiger partial charge is 0.392 e. The molecule has 0 radical (unpaired) electrons. The maximum Gasteiger partial charge on any atom is 0.0614 e. The molecule has 0 aliphatic heterocycles. The first kappa shape index (κ1) is 12.7. The molecule has 2 bridgehead atoms. The average molecular weight is 342 g/mol. The fraction of sp³-hybridized carbons (Fsp3) is 0.625. The second kappa shape index (κ2) is 4.47. The quantitative estimate of drug-likeness (QED) is 0.869. The molecule has 3 aliphatic carbocycles. The number of hydrogen-bond donors (Lipinski definition) is 1. The van der Waals surface area contributed by atoms with Crippen LogP contribution in [0.4, 0.5) is 0 Å². The van der Waals surface area contributed by atoms with Crippen LogP contribution >= 0.6 is 27.5 Å². The minimum Gasteiger partial charge on any atom is -0.392 e. The minimum atomic E-state index is -0.197. The van der Waals surface area contributed by atoms with Crippen LogP contribution in [-0.2, 0) is 6.42 Å². The zero-order chi connectivity index (χ0) is 13.1. The predicted octanol–water partition coefficient (Wildman–Crippen LogP) is 4.30. The molecule has 3 heteroatoms. The van der Waals surface area contributed by atoms with Gasteiger partial charge in [-0.15, -0.1) is 0 Å². The summed E-state index contributed by atoms with van der Waals surface area (Å²) >= 11 is 9.67. The maximum atomic E-state index is 10.5. The van der Waals surface area contributed by atoms with E-state index < -0.39 is 0 Å². The fourth-order valence-corrected chi connectivity index (χ4v) is 5.71. The second-order valence-electron chi connectivity index (χ2n) is 6.57. The van der Waals surface area contributed by atoms with E-state index in [2.05, 4.69) is 15.9 Å². The van der Waals surface area contributed by atoms with E-state index in [4.69, 9.17) is 11.6 Å². The summed E-state index contributed by atoms with van der Waals surface area (Å²) in [5.41, 5.74) is 1.08. The molecule has 5 atom stereocenters. The van der Waals surface area contributed by atoms with Crippen molar-refractivity contribution in [2.24, 2.45) is 29.6 Å². The predicted molar refractivity (Wildman–Crippen MR) is 80.2 cm³/mol. The van der Waals surface area contributed by atoms with Crippen molar-refractivity contribution in [1.29, 1.82) is 0 Å². The lowest BCUT2D eigenvalue weighted by atomic mass is 9.95. The molecule has 1 nitrogen and oxygen atoms in total. The molecular weight excluding hydrogens is 324 g/mol. The smallest absolute Gasteiger partial charge is 0.0614 e. The number of aliphatic hydroxyl groups excluding tert-OH is 1. The Morgan fingerprint density at radius 3 is 2.58 bits per heavy atom. The summed E-state index contributed by atoms with van der Waals surface area (Å²) in [4.78, 5) is 0. The van der Waals surface area contributed by atoms with E-state index in [0.29, 0.717) is 12.3 Å². The van der Waals surface area contributed by atoms with Crippen LogP contribution in [0.25, 0.3) is 0 Å². The van der Waals surface area contributed by atoms with Crippen LogP contribution in [0.1, 0.15) is 24.8 Å². The molecule has 1 aromatic rings. The first-order valence-electron chi connectivity index (χ1n) is 7.27. The highest BCUT2D eigenvalue weighted by atomic mass is 79.9. The summed E-state index contributed by atoms with van der Waals surface area (Å²) < 4.78 is 0.997. The van der Waals surface area contributed by atoms with Gasteiger partial charge in [0.2, 0.25) is 0 Å². The van der Waals surface area contributed by atoms with Crippen molar-refractivity contribution >= 4 is 27.5 Å². The van der Waals surface area contributed by atoms with Gasteiger partial charge in [-0.1, -0.05) is 33.6 Å². The zero-order valence-corrected chi connectivity index (χ0v) is 13.1. The Balaban J connectivity index is 1.47. The lowest BCUT2D eigenvalue weighted by Gasteiger charge is -2.16. The van der Waals surface area contributed by atoms with Crippen molar-refractivity contribution in [3.63, 3.8) is 0 Å². The molecule has 1 N–H and O–H groups in total. The monoisotopic (exact) mass is 340 g/mol. The number of rotatable bonds is 3. The molecule has 0 aromatic heterocycles. The van der Waals surface area contributed by atoms with Crippen LogP contribution in [-0.4, -0.2) is 11.2 Å². The van der Waals surface area contributed by atoms with Crippen molar-refractivity contribution < 1.29 is 5.11 Å². The maximum absolute atomic E-state index is 10.5. The summed E-state index contributed by atoms with van der Waals surface area (Å²) in [5.74, 6) is 4.09. The topological polar surface area (TPSA) is 20.2 Å². The molecule has 19 heavy (non-hydrogen) atoms. The lowest BCUT2D eigenvalue weighted by Crippen LogP contribution is -2.18. The molecule has 1 aromatic carbocycles. The Labute approximate surface area is 127 Å². The van der Waals surface area contributed by atoms with Crippen molar-refractivity contribution in [2.75, 3.05) is 0 Å². The molecule has 0 amide bonds. The van der Waals surface area contributed by atoms with Gasteiger partial charge in [-0.2, -0.15) is 0 Å². The summed E-state index contributed by atoms with van der Waals surface area (Å²) in [7, 11) is 0. The number of benzene rings is 1. The van der Waals surface area contributed by atoms with Gasteiger partial charge in [0.1, 0.15) is 0 Å². The SMILES string of the molecule is OC(Cc1ccc(Br)cc1Cl)C1C2C3CCC(C3)C12. The Kier molecular flexibility index (Phi) is 2.98. The van der Waals surface area contributed by atoms with Gasteiger partial charge in [0.05, 0.1) is 6.10 Å². The van der Waals surface area contributed by atoms with Crippen molar-refractivity contribution in [3.8, 4) is 0 Å². The third kappa shape index (κ3) is 1.99. The van der Waals surface area contributed by atoms with Gasteiger partial charge in [0, 0.05) is 15.9 Å². The van der Waals surface area contributed by atoms with Crippen molar-refractivity contribution in [3.05, 3.63) is 33.3 Å². The number of hydrogen-bond acceptors (Lipinski definition) is 1. The lowest BCUT2D eigenvalue weighted by molar-refractivity contribution is 0.129. The van der Waals surface area contributed by atoms with Gasteiger partial charge in [0.15, 0.2) is 0 Å². The van der Waals surface area contributed by atoms with Crippen LogP contribution < -0.4 is 0 Å². The van der Waals surface area contributed by atoms with E-state index in [1.165, 1.54) is 19.3 Å². The molecule has 4 rings (SSSR count). The third-order valence-corrected chi connectivity index (χ3v) is 6.53. The van der Waals surface area contributed by atoms with E-state index in [9.17, 15) is 5.11 Å². The van der Waals surface area contributed by atoms with Crippen molar-refractivity contribution in [2.45, 2.75) is 31.8 Å². The van der Waals surface area contributed by atoms with E-state index in [-0.39, 0.29) is 6.10 Å². The van der Waals surface area contributed by atoms with E-state index in [1.54, 1.807) is 0 Å². The molecule has 102 valence electrons. The molecule has 5 unspecified atom stereocenters. The molecule has 3 saturated carbocycles. The molecule has 3 aliphatic rings. The van der Waals surface area contributed by atoms with Crippen molar-refractivity contribution in [1.82, 2.24) is 0 Å². The standard InChI is InChI=1S/C16H18BrClO/c17-11-4-3-8(12(18)7-11)6-13(19)16-14-9-1-2-10(5-9)15(14)16/h3-4,7,9-10,13-16,19H,1-2,5-6H2.